The summed E-state index contributed by atoms with van der Waals surface area (Å²) in [5, 5.41) is 2.99. The average Bonchev–Trinajstić information content (AvgIpc) is 2.22. The smallest absolute Gasteiger partial charge is 0.251 e. The third kappa shape index (κ3) is 2.86. The molecule has 3 nitrogen and oxygen atoms in total. The molecule has 2 rings (SSSR count). The number of benzene rings is 1. The van der Waals surface area contributed by atoms with Gasteiger partial charge in [0.15, 0.2) is 0 Å². The molecule has 1 aliphatic carbocycles. The van der Waals surface area contributed by atoms with E-state index in [0.717, 1.165) is 30.5 Å². The number of hydrogen-bond acceptors (Lipinski definition) is 2. The zero-order valence-electron chi connectivity index (χ0n) is 10.5. The van der Waals surface area contributed by atoms with Gasteiger partial charge in [-0.05, 0) is 44.2 Å². The molecule has 1 saturated carbocycles. The van der Waals surface area contributed by atoms with E-state index in [1.54, 1.807) is 0 Å². The lowest BCUT2D eigenvalue weighted by atomic mass is 9.81. The maximum Gasteiger partial charge on any atom is 0.251 e. The summed E-state index contributed by atoms with van der Waals surface area (Å²) < 4.78 is 0. The van der Waals surface area contributed by atoms with Gasteiger partial charge in [-0.15, -0.1) is 0 Å². The molecule has 0 aromatic heterocycles. The summed E-state index contributed by atoms with van der Waals surface area (Å²) in [5.41, 5.74) is 8.71. The van der Waals surface area contributed by atoms with Crippen LogP contribution in [0, 0.1) is 19.8 Å². The fraction of sp³-hybridized carbons (Fsp3) is 0.500. The van der Waals surface area contributed by atoms with Crippen molar-refractivity contribution in [2.45, 2.75) is 32.7 Å². The van der Waals surface area contributed by atoms with Gasteiger partial charge in [0.05, 0.1) is 0 Å². The fourth-order valence-electron chi connectivity index (χ4n) is 2.35. The largest absolute Gasteiger partial charge is 0.352 e. The molecule has 1 fully saturated rings. The summed E-state index contributed by atoms with van der Waals surface area (Å²) in [5.74, 6) is 0.600. The van der Waals surface area contributed by atoms with E-state index in [0.29, 0.717) is 12.0 Å². The van der Waals surface area contributed by atoms with Crippen LogP contribution in [0.1, 0.15) is 34.3 Å². The van der Waals surface area contributed by atoms with Crippen molar-refractivity contribution in [3.63, 3.8) is 0 Å². The minimum absolute atomic E-state index is 0.0305. The van der Waals surface area contributed by atoms with Crippen LogP contribution in [0.5, 0.6) is 0 Å². The molecule has 3 N–H and O–H groups in total. The Morgan fingerprint density at radius 3 is 2.71 bits per heavy atom. The second kappa shape index (κ2) is 4.88. The van der Waals surface area contributed by atoms with Gasteiger partial charge in [0, 0.05) is 18.2 Å². The number of amides is 1. The quantitative estimate of drug-likeness (QED) is 0.834. The third-order valence-corrected chi connectivity index (χ3v) is 3.45. The molecule has 0 bridgehead atoms. The Hall–Kier alpha value is -1.35. The molecule has 0 atom stereocenters. The number of aryl methyl sites for hydroxylation is 2. The maximum atomic E-state index is 12.0. The van der Waals surface area contributed by atoms with Gasteiger partial charge in [0.1, 0.15) is 0 Å². The molecule has 0 spiro atoms. The van der Waals surface area contributed by atoms with E-state index in [1.807, 2.05) is 32.0 Å². The van der Waals surface area contributed by atoms with E-state index in [4.69, 9.17) is 5.73 Å². The van der Waals surface area contributed by atoms with Gasteiger partial charge in [-0.2, -0.15) is 0 Å². The minimum Gasteiger partial charge on any atom is -0.352 e. The molecule has 1 aromatic carbocycles. The maximum absolute atomic E-state index is 12.0. The summed E-state index contributed by atoms with van der Waals surface area (Å²) >= 11 is 0. The van der Waals surface area contributed by atoms with E-state index >= 15 is 0 Å². The highest BCUT2D eigenvalue weighted by Crippen LogP contribution is 2.24. The first-order valence-corrected chi connectivity index (χ1v) is 6.17. The van der Waals surface area contributed by atoms with Gasteiger partial charge < -0.3 is 11.1 Å². The van der Waals surface area contributed by atoms with Gasteiger partial charge in [0.2, 0.25) is 0 Å². The average molecular weight is 232 g/mol. The molecule has 1 amide bonds. The van der Waals surface area contributed by atoms with Crippen LogP contribution in [-0.2, 0) is 0 Å². The molecule has 17 heavy (non-hydrogen) atoms. The first-order chi connectivity index (χ1) is 8.06. The van der Waals surface area contributed by atoms with Crippen LogP contribution in [0.3, 0.4) is 0 Å². The van der Waals surface area contributed by atoms with Gasteiger partial charge in [0.25, 0.3) is 5.91 Å². The summed E-state index contributed by atoms with van der Waals surface area (Å²) in [6.07, 6.45) is 2.07. The van der Waals surface area contributed by atoms with E-state index < -0.39 is 0 Å². The van der Waals surface area contributed by atoms with Crippen molar-refractivity contribution in [2.75, 3.05) is 6.54 Å². The topological polar surface area (TPSA) is 55.1 Å². The fourth-order valence-corrected chi connectivity index (χ4v) is 2.35. The minimum atomic E-state index is 0.0305. The van der Waals surface area contributed by atoms with Crippen molar-refractivity contribution in [2.24, 2.45) is 11.7 Å². The molecule has 0 heterocycles. The van der Waals surface area contributed by atoms with E-state index in [9.17, 15) is 4.79 Å². The lowest BCUT2D eigenvalue weighted by molar-refractivity contribution is 0.0935. The second-order valence-electron chi connectivity index (χ2n) is 5.13. The number of carbonyl (C=O) groups excluding carboxylic acids is 1. The van der Waals surface area contributed by atoms with Crippen LogP contribution in [0.25, 0.3) is 0 Å². The lowest BCUT2D eigenvalue weighted by Crippen LogP contribution is -2.42. The van der Waals surface area contributed by atoms with Crippen LogP contribution in [0.15, 0.2) is 18.2 Å². The van der Waals surface area contributed by atoms with Crippen molar-refractivity contribution in [3.05, 3.63) is 34.9 Å². The summed E-state index contributed by atoms with van der Waals surface area (Å²) in [6, 6.07) is 6.25. The zero-order valence-corrected chi connectivity index (χ0v) is 10.5. The standard InChI is InChI=1S/C14H20N2O/c1-9-3-4-13(10(2)5-9)14(17)16-8-11-6-12(15)7-11/h3-5,11-12H,6-8,15H2,1-2H3,(H,16,17). The molecule has 1 aliphatic rings. The monoisotopic (exact) mass is 232 g/mol. The molecule has 1 aromatic rings. The number of rotatable bonds is 3. The highest BCUT2D eigenvalue weighted by atomic mass is 16.1. The number of hydrogen-bond donors (Lipinski definition) is 2. The van der Waals surface area contributed by atoms with Crippen LogP contribution in [0.4, 0.5) is 0 Å². The van der Waals surface area contributed by atoms with E-state index in [2.05, 4.69) is 5.32 Å². The Labute approximate surface area is 102 Å². The van der Waals surface area contributed by atoms with E-state index in [-0.39, 0.29) is 5.91 Å². The molecule has 0 radical (unpaired) electrons. The zero-order chi connectivity index (χ0) is 12.4. The van der Waals surface area contributed by atoms with Gasteiger partial charge >= 0.3 is 0 Å². The molecule has 0 unspecified atom stereocenters. The molecule has 92 valence electrons. The second-order valence-corrected chi connectivity index (χ2v) is 5.13. The van der Waals surface area contributed by atoms with Crippen LogP contribution < -0.4 is 11.1 Å². The SMILES string of the molecule is Cc1ccc(C(=O)NCC2CC(N)C2)c(C)c1. The van der Waals surface area contributed by atoms with Crippen molar-refractivity contribution in [1.29, 1.82) is 0 Å². The summed E-state index contributed by atoms with van der Waals surface area (Å²) in [7, 11) is 0. The molecular weight excluding hydrogens is 212 g/mol. The molecular formula is C14H20N2O. The number of nitrogens with two attached hydrogens (primary N) is 1. The van der Waals surface area contributed by atoms with Crippen molar-refractivity contribution >= 4 is 5.91 Å². The van der Waals surface area contributed by atoms with E-state index in [1.165, 1.54) is 5.56 Å². The predicted octanol–water partition coefficient (Wildman–Crippen LogP) is 1.77. The first kappa shape index (κ1) is 12.1. The van der Waals surface area contributed by atoms with Crippen molar-refractivity contribution < 1.29 is 4.79 Å². The Bertz CT molecular complexity index is 422. The molecule has 3 heteroatoms. The van der Waals surface area contributed by atoms with Crippen LogP contribution >= 0.6 is 0 Å². The molecule has 0 saturated heterocycles. The van der Waals surface area contributed by atoms with Crippen LogP contribution in [-0.4, -0.2) is 18.5 Å². The normalized spacial score (nSPS) is 23.0. The highest BCUT2D eigenvalue weighted by molar-refractivity contribution is 5.95. The summed E-state index contributed by atoms with van der Waals surface area (Å²) in [4.78, 5) is 12.0. The Balaban J connectivity index is 1.91. The van der Waals surface area contributed by atoms with Gasteiger partial charge in [-0.3, -0.25) is 4.79 Å². The number of carbonyl (C=O) groups is 1. The van der Waals surface area contributed by atoms with Crippen molar-refractivity contribution in [3.8, 4) is 0 Å². The Kier molecular flexibility index (Phi) is 3.48. The first-order valence-electron chi connectivity index (χ1n) is 6.17. The predicted molar refractivity (Wildman–Crippen MR) is 68.9 cm³/mol. The third-order valence-electron chi connectivity index (χ3n) is 3.45. The van der Waals surface area contributed by atoms with Gasteiger partial charge in [-0.1, -0.05) is 17.7 Å². The van der Waals surface area contributed by atoms with Crippen molar-refractivity contribution in [1.82, 2.24) is 5.32 Å². The Morgan fingerprint density at radius 2 is 2.12 bits per heavy atom. The van der Waals surface area contributed by atoms with Gasteiger partial charge in [-0.25, -0.2) is 0 Å². The Morgan fingerprint density at radius 1 is 1.41 bits per heavy atom. The summed E-state index contributed by atoms with van der Waals surface area (Å²) in [6.45, 7) is 4.76. The highest BCUT2D eigenvalue weighted by Gasteiger charge is 2.26. The van der Waals surface area contributed by atoms with Crippen LogP contribution in [0.2, 0.25) is 0 Å². The lowest BCUT2D eigenvalue weighted by Gasteiger charge is -2.32. The number of nitrogens with one attached hydrogen (secondary N) is 1. The molecule has 0 aliphatic heterocycles.